The minimum absolute atomic E-state index is 0.00402. The van der Waals surface area contributed by atoms with Crippen LogP contribution in [0.3, 0.4) is 0 Å². The number of imide groups is 1. The second-order valence-electron chi connectivity index (χ2n) is 6.73. The van der Waals surface area contributed by atoms with Gasteiger partial charge >= 0.3 is 8.80 Å². The van der Waals surface area contributed by atoms with Crippen LogP contribution in [0.2, 0.25) is 0 Å². The van der Waals surface area contributed by atoms with E-state index in [9.17, 15) is 9.59 Å². The number of fused-ring (bicyclic) bond motifs is 1. The molecule has 0 aromatic heterocycles. The van der Waals surface area contributed by atoms with Crippen LogP contribution in [0.5, 0.6) is 0 Å². The second-order valence-corrected chi connectivity index (χ2v) is 9.28. The molecule has 1 aliphatic heterocycles. The molecule has 0 saturated heterocycles. The molecular weight excluding hydrogens is 398 g/mol. The van der Waals surface area contributed by atoms with E-state index in [0.29, 0.717) is 30.9 Å². The lowest BCUT2D eigenvalue weighted by molar-refractivity contribution is 0.0457. The summed E-state index contributed by atoms with van der Waals surface area (Å²) in [5, 5.41) is 0. The Morgan fingerprint density at radius 1 is 0.767 bits per heavy atom. The minimum Gasteiger partial charge on any atom is -0.373 e. The lowest BCUT2D eigenvalue weighted by atomic mass is 10.0. The second kappa shape index (κ2) is 9.95. The summed E-state index contributed by atoms with van der Waals surface area (Å²) in [5.41, 5.74) is 2.69. The van der Waals surface area contributed by atoms with Crippen LogP contribution in [0.4, 0.5) is 0 Å². The van der Waals surface area contributed by atoms with Crippen LogP contribution < -0.4 is 0 Å². The van der Waals surface area contributed by atoms with Crippen molar-refractivity contribution in [2.24, 2.45) is 0 Å². The third-order valence-corrected chi connectivity index (χ3v) is 7.60. The van der Waals surface area contributed by atoms with Gasteiger partial charge in [-0.1, -0.05) is 48.6 Å². The summed E-state index contributed by atoms with van der Waals surface area (Å²) in [5.74, 6) is -0.689. The summed E-state index contributed by atoms with van der Waals surface area (Å²) in [4.78, 5) is 27.2. The molecule has 1 heterocycles. The van der Waals surface area contributed by atoms with Crippen molar-refractivity contribution in [1.82, 2.24) is 4.90 Å². The fraction of sp³-hybridized carbons (Fsp3) is 0.304. The highest BCUT2D eigenvalue weighted by molar-refractivity contribution is 6.61. The van der Waals surface area contributed by atoms with E-state index in [4.69, 9.17) is 13.3 Å². The van der Waals surface area contributed by atoms with E-state index < -0.39 is 8.80 Å². The van der Waals surface area contributed by atoms with Gasteiger partial charge in [0.15, 0.2) is 0 Å². The Kier molecular flexibility index (Phi) is 7.33. The molecular formula is C23H27NO5Si. The van der Waals surface area contributed by atoms with Crippen LogP contribution in [-0.2, 0) is 13.3 Å². The largest absolute Gasteiger partial charge is 0.522 e. The summed E-state index contributed by atoms with van der Waals surface area (Å²) in [6.45, 7) is 6.66. The average Bonchev–Trinajstić information content (AvgIpc) is 2.98. The van der Waals surface area contributed by atoms with Crippen LogP contribution in [0.1, 0.15) is 52.6 Å². The molecule has 3 rings (SSSR count). The third kappa shape index (κ3) is 4.76. The Labute approximate surface area is 178 Å². The fourth-order valence-electron chi connectivity index (χ4n) is 3.43. The van der Waals surface area contributed by atoms with Gasteiger partial charge in [0.05, 0.1) is 17.3 Å². The van der Waals surface area contributed by atoms with Gasteiger partial charge in [0.1, 0.15) is 0 Å². The van der Waals surface area contributed by atoms with Gasteiger partial charge in [-0.15, -0.1) is 0 Å². The molecule has 0 bridgehead atoms. The standard InChI is InChI=1S/C23H27NO5Si/c1-4-27-30(28-5-2,29-6-3)17-24-22(25)20-15-14-19(16-21(20)23(24)26)13-12-18-10-8-7-9-11-18/h7-16H,4-6,17H2,1-3H3. The third-order valence-electron chi connectivity index (χ3n) is 4.71. The van der Waals surface area contributed by atoms with Crippen LogP contribution in [0, 0.1) is 0 Å². The molecule has 6 nitrogen and oxygen atoms in total. The highest BCUT2D eigenvalue weighted by atomic mass is 28.4. The number of benzene rings is 2. The molecule has 2 aromatic carbocycles. The predicted octanol–water partition coefficient (Wildman–Crippen LogP) is 4.04. The number of carbonyl (C=O) groups is 2. The van der Waals surface area contributed by atoms with Gasteiger partial charge in [0, 0.05) is 19.8 Å². The summed E-state index contributed by atoms with van der Waals surface area (Å²) < 4.78 is 17.4. The van der Waals surface area contributed by atoms with Crippen molar-refractivity contribution >= 4 is 32.8 Å². The number of carbonyl (C=O) groups excluding carboxylic acids is 2. The van der Waals surface area contributed by atoms with Crippen LogP contribution in [0.25, 0.3) is 12.2 Å². The fourth-order valence-corrected chi connectivity index (χ4v) is 5.95. The Morgan fingerprint density at radius 2 is 1.33 bits per heavy atom. The van der Waals surface area contributed by atoms with Gasteiger partial charge in [-0.3, -0.25) is 14.5 Å². The first-order chi connectivity index (χ1) is 14.5. The zero-order valence-electron chi connectivity index (χ0n) is 17.6. The van der Waals surface area contributed by atoms with E-state index in [0.717, 1.165) is 11.1 Å². The highest BCUT2D eigenvalue weighted by Gasteiger charge is 2.48. The quantitative estimate of drug-likeness (QED) is 0.327. The van der Waals surface area contributed by atoms with Gasteiger partial charge in [-0.05, 0) is 44.0 Å². The van der Waals surface area contributed by atoms with E-state index in [1.54, 1.807) is 12.1 Å². The van der Waals surface area contributed by atoms with Crippen molar-refractivity contribution in [3.8, 4) is 0 Å². The zero-order valence-corrected chi connectivity index (χ0v) is 18.6. The normalized spacial score (nSPS) is 14.0. The number of amides is 2. The van der Waals surface area contributed by atoms with Crippen LogP contribution in [0.15, 0.2) is 48.5 Å². The zero-order chi connectivity index (χ0) is 21.6. The predicted molar refractivity (Wildman–Crippen MR) is 118 cm³/mol. The monoisotopic (exact) mass is 425 g/mol. The number of nitrogens with zero attached hydrogens (tertiary/aromatic N) is 1. The average molecular weight is 426 g/mol. The summed E-state index contributed by atoms with van der Waals surface area (Å²) in [6.07, 6.45) is 3.90. The van der Waals surface area contributed by atoms with Crippen molar-refractivity contribution in [2.75, 3.05) is 26.0 Å². The molecule has 1 aliphatic rings. The van der Waals surface area contributed by atoms with Gasteiger partial charge in [-0.2, -0.15) is 0 Å². The molecule has 0 atom stereocenters. The Bertz CT molecular complexity index is 911. The van der Waals surface area contributed by atoms with Crippen molar-refractivity contribution in [1.29, 1.82) is 0 Å². The lowest BCUT2D eigenvalue weighted by Crippen LogP contribution is -2.56. The van der Waals surface area contributed by atoms with Crippen LogP contribution >= 0.6 is 0 Å². The lowest BCUT2D eigenvalue weighted by Gasteiger charge is -2.31. The van der Waals surface area contributed by atoms with Crippen molar-refractivity contribution in [2.45, 2.75) is 20.8 Å². The molecule has 158 valence electrons. The van der Waals surface area contributed by atoms with Crippen LogP contribution in [-0.4, -0.2) is 51.5 Å². The molecule has 0 N–H and O–H groups in total. The van der Waals surface area contributed by atoms with E-state index in [1.807, 2.05) is 69.3 Å². The smallest absolute Gasteiger partial charge is 0.373 e. The topological polar surface area (TPSA) is 65.1 Å². The molecule has 2 amide bonds. The molecule has 2 aromatic rings. The van der Waals surface area contributed by atoms with Crippen molar-refractivity contribution < 1.29 is 22.9 Å². The molecule has 0 aliphatic carbocycles. The van der Waals surface area contributed by atoms with E-state index >= 15 is 0 Å². The minimum atomic E-state index is -3.19. The Hall–Kier alpha value is -2.58. The molecule has 0 fully saturated rings. The van der Waals surface area contributed by atoms with Gasteiger partial charge < -0.3 is 13.3 Å². The summed E-state index contributed by atoms with van der Waals surface area (Å²) in [6, 6.07) is 15.2. The van der Waals surface area contributed by atoms with Crippen molar-refractivity contribution in [3.63, 3.8) is 0 Å². The van der Waals surface area contributed by atoms with Gasteiger partial charge in [-0.25, -0.2) is 0 Å². The van der Waals surface area contributed by atoms with E-state index in [-0.39, 0.29) is 18.0 Å². The first kappa shape index (κ1) is 22.1. The summed E-state index contributed by atoms with van der Waals surface area (Å²) >= 11 is 0. The number of hydrogen-bond acceptors (Lipinski definition) is 5. The van der Waals surface area contributed by atoms with Gasteiger partial charge in [0.2, 0.25) is 0 Å². The molecule has 7 heteroatoms. The number of hydrogen-bond donors (Lipinski definition) is 0. The van der Waals surface area contributed by atoms with Gasteiger partial charge in [0.25, 0.3) is 11.8 Å². The maximum atomic E-state index is 13.1. The first-order valence-corrected chi connectivity index (χ1v) is 12.1. The highest BCUT2D eigenvalue weighted by Crippen LogP contribution is 2.27. The molecule has 0 radical (unpaired) electrons. The maximum Gasteiger partial charge on any atom is 0.522 e. The first-order valence-electron chi connectivity index (χ1n) is 10.2. The molecule has 0 saturated carbocycles. The van der Waals surface area contributed by atoms with Crippen molar-refractivity contribution in [3.05, 3.63) is 70.8 Å². The molecule has 0 unspecified atom stereocenters. The maximum absolute atomic E-state index is 13.1. The summed E-state index contributed by atoms with van der Waals surface area (Å²) in [7, 11) is -3.19. The Balaban J connectivity index is 1.84. The van der Waals surface area contributed by atoms with E-state index in [2.05, 4.69) is 0 Å². The molecule has 30 heavy (non-hydrogen) atoms. The van der Waals surface area contributed by atoms with E-state index in [1.165, 1.54) is 4.90 Å². The SMILES string of the molecule is CCO[Si](CN1C(=O)c2ccc(C=Cc3ccccc3)cc2C1=O)(OCC)OCC. The molecule has 0 spiro atoms. The Morgan fingerprint density at radius 3 is 1.93 bits per heavy atom. The number of rotatable bonds is 10.